The van der Waals surface area contributed by atoms with Crippen molar-refractivity contribution in [2.75, 3.05) is 0 Å². The zero-order valence-corrected chi connectivity index (χ0v) is 20.6. The maximum atomic E-state index is 13.0. The number of benzene rings is 1. The summed E-state index contributed by atoms with van der Waals surface area (Å²) < 4.78 is 0. The summed E-state index contributed by atoms with van der Waals surface area (Å²) >= 11 is 7.66. The quantitative estimate of drug-likeness (QED) is 0.373. The van der Waals surface area contributed by atoms with Crippen LogP contribution in [0.3, 0.4) is 0 Å². The summed E-state index contributed by atoms with van der Waals surface area (Å²) in [7, 11) is 0. The van der Waals surface area contributed by atoms with Gasteiger partial charge in [-0.2, -0.15) is 0 Å². The van der Waals surface area contributed by atoms with Gasteiger partial charge in [0.2, 0.25) is 0 Å². The maximum Gasteiger partial charge on any atom is 0.159 e. The van der Waals surface area contributed by atoms with Gasteiger partial charge in [-0.05, 0) is 116 Å². The van der Waals surface area contributed by atoms with Crippen LogP contribution in [0.5, 0.6) is 0 Å². The van der Waals surface area contributed by atoms with E-state index in [1.54, 1.807) is 11.8 Å². The molecule has 4 heteroatoms. The number of aliphatic hydroxyl groups is 1. The summed E-state index contributed by atoms with van der Waals surface area (Å²) in [5, 5.41) is 14.0. The van der Waals surface area contributed by atoms with Crippen LogP contribution in [0.2, 0.25) is 5.02 Å². The highest BCUT2D eigenvalue weighted by Crippen LogP contribution is 2.68. The molecule has 0 heterocycles. The van der Waals surface area contributed by atoms with Gasteiger partial charge in [0.25, 0.3) is 0 Å². The third-order valence-corrected chi connectivity index (χ3v) is 11.3. The van der Waals surface area contributed by atoms with E-state index in [9.17, 15) is 9.90 Å². The number of Topliss-reactive ketones (excluding diaryl/α,β-unsaturated/α-hetero) is 1. The molecule has 4 saturated carbocycles. The fourth-order valence-corrected chi connectivity index (χ4v) is 8.92. The van der Waals surface area contributed by atoms with Crippen LogP contribution in [0.4, 0.5) is 0 Å². The third kappa shape index (κ3) is 3.45. The van der Waals surface area contributed by atoms with Crippen molar-refractivity contribution in [2.45, 2.75) is 82.6 Å². The number of ketones is 1. The number of halogens is 1. The van der Waals surface area contributed by atoms with Crippen molar-refractivity contribution in [2.24, 2.45) is 34.5 Å². The van der Waals surface area contributed by atoms with Gasteiger partial charge in [-0.3, -0.25) is 4.79 Å². The molecule has 2 nitrogen and oxygen atoms in total. The highest BCUT2D eigenvalue weighted by atomic mass is 35.5. The lowest BCUT2D eigenvalue weighted by Gasteiger charge is -2.61. The Bertz CT molecular complexity index is 906. The van der Waals surface area contributed by atoms with E-state index in [1.807, 2.05) is 24.3 Å². The highest BCUT2D eigenvalue weighted by molar-refractivity contribution is 8.02. The maximum absolute atomic E-state index is 13.0. The van der Waals surface area contributed by atoms with Crippen LogP contribution in [0.1, 0.15) is 72.1 Å². The molecular weight excluding hydrogens is 424 g/mol. The first-order valence-electron chi connectivity index (χ1n) is 12.0. The van der Waals surface area contributed by atoms with Gasteiger partial charge in [0.1, 0.15) is 0 Å². The van der Waals surface area contributed by atoms with E-state index in [4.69, 9.17) is 11.6 Å². The molecule has 0 bridgehead atoms. The minimum Gasteiger partial charge on any atom is -0.390 e. The second-order valence-electron chi connectivity index (χ2n) is 11.4. The molecule has 1 aromatic rings. The van der Waals surface area contributed by atoms with Crippen LogP contribution >= 0.6 is 23.4 Å². The number of hydrogen-bond acceptors (Lipinski definition) is 3. The normalized spacial score (nSPS) is 45.8. The number of fused-ring (bicyclic) bond motifs is 5. The Hall–Kier alpha value is -0.770. The van der Waals surface area contributed by atoms with E-state index >= 15 is 0 Å². The lowest BCUT2D eigenvalue weighted by Crippen LogP contribution is -2.56. The molecule has 0 radical (unpaired) electrons. The average molecular weight is 459 g/mol. The van der Waals surface area contributed by atoms with Gasteiger partial charge in [-0.1, -0.05) is 37.2 Å². The predicted molar refractivity (Wildman–Crippen MR) is 128 cm³/mol. The van der Waals surface area contributed by atoms with Crippen molar-refractivity contribution < 1.29 is 9.90 Å². The zero-order chi connectivity index (χ0) is 22.0. The molecule has 7 atom stereocenters. The number of rotatable bonds is 2. The van der Waals surface area contributed by atoms with Gasteiger partial charge in [0, 0.05) is 21.9 Å². The minimum atomic E-state index is -0.525. The Labute approximate surface area is 196 Å². The second kappa shape index (κ2) is 7.64. The molecule has 4 aliphatic rings. The topological polar surface area (TPSA) is 37.3 Å². The van der Waals surface area contributed by atoms with Gasteiger partial charge in [0.05, 0.1) is 5.60 Å². The molecule has 0 amide bonds. The van der Waals surface area contributed by atoms with Gasteiger partial charge < -0.3 is 5.11 Å². The van der Waals surface area contributed by atoms with Crippen molar-refractivity contribution >= 4 is 29.1 Å². The van der Waals surface area contributed by atoms with E-state index in [0.717, 1.165) is 34.8 Å². The molecule has 7 unspecified atom stereocenters. The van der Waals surface area contributed by atoms with Crippen LogP contribution in [0.15, 0.2) is 40.1 Å². The van der Waals surface area contributed by atoms with E-state index < -0.39 is 5.60 Å². The average Bonchev–Trinajstić information content (AvgIpc) is 2.97. The summed E-state index contributed by atoms with van der Waals surface area (Å²) in [6, 6.07) is 7.85. The third-order valence-electron chi connectivity index (χ3n) is 10.1. The van der Waals surface area contributed by atoms with Crippen LogP contribution in [0.25, 0.3) is 0 Å². The Morgan fingerprint density at radius 2 is 1.74 bits per heavy atom. The van der Waals surface area contributed by atoms with Crippen molar-refractivity contribution in [3.05, 3.63) is 40.3 Å². The summed E-state index contributed by atoms with van der Waals surface area (Å²) in [6.45, 7) is 6.92. The van der Waals surface area contributed by atoms with Crippen LogP contribution in [0, 0.1) is 34.5 Å². The minimum absolute atomic E-state index is 0.0605. The lowest BCUT2D eigenvalue weighted by atomic mass is 9.44. The Kier molecular flexibility index (Phi) is 5.43. The Balaban J connectivity index is 1.39. The monoisotopic (exact) mass is 458 g/mol. The van der Waals surface area contributed by atoms with E-state index in [2.05, 4.69) is 26.2 Å². The van der Waals surface area contributed by atoms with E-state index in [1.165, 1.54) is 25.7 Å². The fraction of sp³-hybridized carbons (Fsp3) is 0.667. The smallest absolute Gasteiger partial charge is 0.159 e. The largest absolute Gasteiger partial charge is 0.390 e. The zero-order valence-electron chi connectivity index (χ0n) is 19.0. The first-order chi connectivity index (χ1) is 14.6. The summed E-state index contributed by atoms with van der Waals surface area (Å²) in [4.78, 5) is 14.1. The number of carbonyl (C=O) groups is 1. The molecular formula is C27H35ClO2S. The standard InChI is InChI=1S/C27H35ClO2S/c1-25-15-17(16-31-20-7-5-19(28)6-8-20)24(29)14-18(25)4-9-21-22(25)10-12-26(2)23(21)11-13-27(26,3)30/h5-8,16,18,21-23,30H,4,9-15H2,1-3H3. The molecule has 4 fully saturated rings. The first-order valence-corrected chi connectivity index (χ1v) is 13.3. The van der Waals surface area contributed by atoms with Crippen molar-refractivity contribution in [3.63, 3.8) is 0 Å². The Morgan fingerprint density at radius 3 is 2.48 bits per heavy atom. The summed E-state index contributed by atoms with van der Waals surface area (Å²) in [5.74, 6) is 2.88. The number of carbonyl (C=O) groups excluding carboxylic acids is 1. The van der Waals surface area contributed by atoms with Crippen LogP contribution in [-0.4, -0.2) is 16.5 Å². The van der Waals surface area contributed by atoms with Gasteiger partial charge in [0.15, 0.2) is 5.78 Å². The van der Waals surface area contributed by atoms with Gasteiger partial charge in [-0.15, -0.1) is 0 Å². The first kappa shape index (κ1) is 22.0. The molecule has 0 saturated heterocycles. The predicted octanol–water partition coefficient (Wildman–Crippen LogP) is 7.29. The molecule has 1 N–H and O–H groups in total. The molecule has 168 valence electrons. The SMILES string of the molecule is CC12CC(=CSc3ccc(Cl)cc3)C(=O)CC1CCC1C2CCC2(C)C1CCC2(C)O. The van der Waals surface area contributed by atoms with E-state index in [-0.39, 0.29) is 10.8 Å². The summed E-state index contributed by atoms with van der Waals surface area (Å²) in [6.07, 6.45) is 8.49. The fourth-order valence-electron chi connectivity index (χ4n) is 8.01. The number of thioether (sulfide) groups is 1. The van der Waals surface area contributed by atoms with Gasteiger partial charge in [-0.25, -0.2) is 0 Å². The molecule has 0 aliphatic heterocycles. The molecule has 0 aromatic heterocycles. The van der Waals surface area contributed by atoms with Crippen molar-refractivity contribution in [3.8, 4) is 0 Å². The van der Waals surface area contributed by atoms with Crippen LogP contribution in [-0.2, 0) is 4.79 Å². The summed E-state index contributed by atoms with van der Waals surface area (Å²) in [5.41, 5.74) is 0.763. The van der Waals surface area contributed by atoms with Crippen LogP contribution < -0.4 is 0 Å². The van der Waals surface area contributed by atoms with E-state index in [0.29, 0.717) is 35.9 Å². The molecule has 0 spiro atoms. The van der Waals surface area contributed by atoms with Crippen molar-refractivity contribution in [1.82, 2.24) is 0 Å². The number of hydrogen-bond donors (Lipinski definition) is 1. The molecule has 1 aromatic carbocycles. The van der Waals surface area contributed by atoms with Crippen molar-refractivity contribution in [1.29, 1.82) is 0 Å². The molecule has 31 heavy (non-hydrogen) atoms. The molecule has 4 aliphatic carbocycles. The lowest BCUT2D eigenvalue weighted by molar-refractivity contribution is -0.147. The molecule has 5 rings (SSSR count). The second-order valence-corrected chi connectivity index (χ2v) is 12.8. The highest BCUT2D eigenvalue weighted by Gasteiger charge is 2.63. The number of allylic oxidation sites excluding steroid dienone is 1. The Morgan fingerprint density at radius 1 is 1.03 bits per heavy atom. The van der Waals surface area contributed by atoms with Gasteiger partial charge >= 0.3 is 0 Å².